The Morgan fingerprint density at radius 2 is 2.22 bits per heavy atom. The molecule has 3 nitrogen and oxygen atoms in total. The van der Waals surface area contributed by atoms with Crippen LogP contribution in [0.3, 0.4) is 0 Å². The minimum atomic E-state index is 0.705. The lowest BCUT2D eigenvalue weighted by Crippen LogP contribution is -2.38. The Balaban J connectivity index is 1.54. The molecular weight excluding hydrogens is 290 g/mol. The van der Waals surface area contributed by atoms with Crippen molar-refractivity contribution in [2.24, 2.45) is 0 Å². The van der Waals surface area contributed by atoms with E-state index in [1.54, 1.807) is 0 Å². The largest absolute Gasteiger partial charge is 0.312 e. The van der Waals surface area contributed by atoms with Gasteiger partial charge in [-0.15, -0.1) is 0 Å². The summed E-state index contributed by atoms with van der Waals surface area (Å²) >= 11 is 3.43. The van der Waals surface area contributed by atoms with E-state index in [1.165, 1.54) is 37.9 Å². The second-order valence-electron chi connectivity index (χ2n) is 5.42. The second kappa shape index (κ2) is 5.68. The van der Waals surface area contributed by atoms with E-state index in [4.69, 9.17) is 0 Å². The van der Waals surface area contributed by atoms with E-state index in [0.717, 1.165) is 23.6 Å². The van der Waals surface area contributed by atoms with Gasteiger partial charge in [-0.3, -0.25) is 9.88 Å². The summed E-state index contributed by atoms with van der Waals surface area (Å²) in [6.07, 6.45) is 7.30. The molecule has 0 amide bonds. The summed E-state index contributed by atoms with van der Waals surface area (Å²) in [4.78, 5) is 7.05. The molecule has 2 fully saturated rings. The average Bonchev–Trinajstić information content (AvgIpc) is 3.11. The number of hydrogen-bond donors (Lipinski definition) is 1. The highest BCUT2D eigenvalue weighted by atomic mass is 79.9. The Labute approximate surface area is 117 Å². The first-order valence-corrected chi connectivity index (χ1v) is 7.68. The maximum atomic E-state index is 4.47. The number of nitrogens with one attached hydrogen (secondary N) is 1. The maximum absolute atomic E-state index is 4.47. The maximum Gasteiger partial charge on any atom is 0.0544 e. The highest BCUT2D eigenvalue weighted by molar-refractivity contribution is 9.10. The van der Waals surface area contributed by atoms with Crippen LogP contribution in [0.4, 0.5) is 0 Å². The van der Waals surface area contributed by atoms with Crippen LogP contribution >= 0.6 is 15.9 Å². The van der Waals surface area contributed by atoms with Gasteiger partial charge in [-0.1, -0.05) is 0 Å². The molecule has 1 aromatic heterocycles. The molecule has 1 atom stereocenters. The Hall–Kier alpha value is -0.450. The average molecular weight is 310 g/mol. The summed E-state index contributed by atoms with van der Waals surface area (Å²) < 4.78 is 1.06. The standard InChI is InChI=1S/C14H20BrN3/c15-11-3-4-13(16-8-11)10-18-7-1-2-14(18)9-17-12-5-6-12/h3-4,8,12,14,17H,1-2,5-7,9-10H2. The first-order chi connectivity index (χ1) is 8.81. The fourth-order valence-corrected chi connectivity index (χ4v) is 2.87. The highest BCUT2D eigenvalue weighted by Crippen LogP contribution is 2.22. The Morgan fingerprint density at radius 1 is 1.33 bits per heavy atom. The molecule has 0 aromatic carbocycles. The number of nitrogens with zero attached hydrogens (tertiary/aromatic N) is 2. The minimum absolute atomic E-state index is 0.705. The first kappa shape index (κ1) is 12.6. The van der Waals surface area contributed by atoms with Crippen LogP contribution in [0.1, 0.15) is 31.4 Å². The van der Waals surface area contributed by atoms with Gasteiger partial charge in [0.05, 0.1) is 5.69 Å². The molecule has 0 radical (unpaired) electrons. The Bertz CT molecular complexity index is 389. The van der Waals surface area contributed by atoms with Gasteiger partial charge in [0.25, 0.3) is 0 Å². The molecule has 4 heteroatoms. The Kier molecular flexibility index (Phi) is 3.97. The molecule has 2 heterocycles. The molecule has 18 heavy (non-hydrogen) atoms. The van der Waals surface area contributed by atoms with E-state index < -0.39 is 0 Å². The zero-order chi connectivity index (χ0) is 12.4. The molecule has 1 aliphatic carbocycles. The molecular formula is C14H20BrN3. The van der Waals surface area contributed by atoms with E-state index in [0.29, 0.717) is 6.04 Å². The molecule has 1 N–H and O–H groups in total. The summed E-state index contributed by atoms with van der Waals surface area (Å²) in [5.41, 5.74) is 1.18. The van der Waals surface area contributed by atoms with Crippen LogP contribution in [0.15, 0.2) is 22.8 Å². The zero-order valence-electron chi connectivity index (χ0n) is 10.6. The van der Waals surface area contributed by atoms with Crippen LogP contribution in [0.5, 0.6) is 0 Å². The fourth-order valence-electron chi connectivity index (χ4n) is 2.63. The van der Waals surface area contributed by atoms with Gasteiger partial charge in [-0.25, -0.2) is 0 Å². The van der Waals surface area contributed by atoms with Gasteiger partial charge >= 0.3 is 0 Å². The predicted molar refractivity (Wildman–Crippen MR) is 76.4 cm³/mol. The SMILES string of the molecule is Brc1ccc(CN2CCCC2CNC2CC2)nc1. The topological polar surface area (TPSA) is 28.2 Å². The van der Waals surface area contributed by atoms with E-state index in [-0.39, 0.29) is 0 Å². The third kappa shape index (κ3) is 3.31. The molecule has 1 saturated carbocycles. The normalized spacial score (nSPS) is 24.6. The smallest absolute Gasteiger partial charge is 0.0544 e. The number of likely N-dealkylation sites (tertiary alicyclic amines) is 1. The molecule has 2 aliphatic rings. The molecule has 0 spiro atoms. The van der Waals surface area contributed by atoms with Crippen molar-refractivity contribution in [1.29, 1.82) is 0 Å². The quantitative estimate of drug-likeness (QED) is 0.906. The van der Waals surface area contributed by atoms with Gasteiger partial charge in [0.2, 0.25) is 0 Å². The number of aromatic nitrogens is 1. The van der Waals surface area contributed by atoms with E-state index in [1.807, 2.05) is 6.20 Å². The van der Waals surface area contributed by atoms with Gasteiger partial charge in [0.15, 0.2) is 0 Å². The lowest BCUT2D eigenvalue weighted by atomic mass is 10.2. The molecule has 1 unspecified atom stereocenters. The highest BCUT2D eigenvalue weighted by Gasteiger charge is 2.27. The summed E-state index contributed by atoms with van der Waals surface area (Å²) in [5, 5.41) is 3.65. The summed E-state index contributed by atoms with van der Waals surface area (Å²) in [7, 11) is 0. The Morgan fingerprint density at radius 3 is 2.94 bits per heavy atom. The summed E-state index contributed by atoms with van der Waals surface area (Å²) in [6.45, 7) is 3.36. The van der Waals surface area contributed by atoms with Gasteiger partial charge in [0.1, 0.15) is 0 Å². The number of pyridine rings is 1. The van der Waals surface area contributed by atoms with Crippen molar-refractivity contribution in [3.05, 3.63) is 28.5 Å². The van der Waals surface area contributed by atoms with Crippen LogP contribution in [0.2, 0.25) is 0 Å². The van der Waals surface area contributed by atoms with Crippen LogP contribution in [-0.2, 0) is 6.54 Å². The number of rotatable bonds is 5. The van der Waals surface area contributed by atoms with Crippen molar-refractivity contribution in [3.63, 3.8) is 0 Å². The van der Waals surface area contributed by atoms with Crippen LogP contribution in [0, 0.1) is 0 Å². The number of hydrogen-bond acceptors (Lipinski definition) is 3. The van der Waals surface area contributed by atoms with Gasteiger partial charge in [0, 0.05) is 35.8 Å². The molecule has 0 bridgehead atoms. The predicted octanol–water partition coefficient (Wildman–Crippen LogP) is 2.56. The van der Waals surface area contributed by atoms with Gasteiger partial charge < -0.3 is 5.32 Å². The third-order valence-electron chi connectivity index (χ3n) is 3.87. The fraction of sp³-hybridized carbons (Fsp3) is 0.643. The van der Waals surface area contributed by atoms with Crippen LogP contribution in [-0.4, -0.2) is 35.1 Å². The molecule has 3 rings (SSSR count). The van der Waals surface area contributed by atoms with Crippen molar-refractivity contribution in [1.82, 2.24) is 15.2 Å². The van der Waals surface area contributed by atoms with E-state index >= 15 is 0 Å². The van der Waals surface area contributed by atoms with Crippen molar-refractivity contribution in [3.8, 4) is 0 Å². The van der Waals surface area contributed by atoms with E-state index in [9.17, 15) is 0 Å². The molecule has 1 aliphatic heterocycles. The van der Waals surface area contributed by atoms with E-state index in [2.05, 4.69) is 43.3 Å². The van der Waals surface area contributed by atoms with Crippen LogP contribution < -0.4 is 5.32 Å². The number of halogens is 1. The first-order valence-electron chi connectivity index (χ1n) is 6.89. The molecule has 98 valence electrons. The van der Waals surface area contributed by atoms with Crippen molar-refractivity contribution < 1.29 is 0 Å². The monoisotopic (exact) mass is 309 g/mol. The molecule has 1 aromatic rings. The van der Waals surface area contributed by atoms with Gasteiger partial charge in [-0.2, -0.15) is 0 Å². The second-order valence-corrected chi connectivity index (χ2v) is 6.33. The summed E-state index contributed by atoms with van der Waals surface area (Å²) in [5.74, 6) is 0. The minimum Gasteiger partial charge on any atom is -0.312 e. The zero-order valence-corrected chi connectivity index (χ0v) is 12.2. The third-order valence-corrected chi connectivity index (χ3v) is 4.34. The lowest BCUT2D eigenvalue weighted by Gasteiger charge is -2.24. The van der Waals surface area contributed by atoms with Gasteiger partial charge in [-0.05, 0) is 60.3 Å². The summed E-state index contributed by atoms with van der Waals surface area (Å²) in [6, 6.07) is 5.72. The van der Waals surface area contributed by atoms with Crippen molar-refractivity contribution >= 4 is 15.9 Å². The van der Waals surface area contributed by atoms with Crippen molar-refractivity contribution in [2.75, 3.05) is 13.1 Å². The van der Waals surface area contributed by atoms with Crippen LogP contribution in [0.25, 0.3) is 0 Å². The molecule has 1 saturated heterocycles. The lowest BCUT2D eigenvalue weighted by molar-refractivity contribution is 0.236. The van der Waals surface area contributed by atoms with Crippen molar-refractivity contribution in [2.45, 2.75) is 44.3 Å².